The first-order valence-electron chi connectivity index (χ1n) is 15.8. The maximum atomic E-state index is 13.4. The van der Waals surface area contributed by atoms with E-state index in [2.05, 4.69) is 67.3 Å². The van der Waals surface area contributed by atoms with Crippen molar-refractivity contribution in [3.8, 4) is 22.5 Å². The third-order valence-corrected chi connectivity index (χ3v) is 9.31. The molecule has 46 heavy (non-hydrogen) atoms. The summed E-state index contributed by atoms with van der Waals surface area (Å²) in [6.45, 7) is 2.92. The number of nitrogens with zero attached hydrogens (tertiary/aromatic N) is 2. The van der Waals surface area contributed by atoms with Crippen molar-refractivity contribution in [1.82, 2.24) is 29.8 Å². The van der Waals surface area contributed by atoms with E-state index in [1.807, 2.05) is 60.8 Å². The third-order valence-electron chi connectivity index (χ3n) is 9.31. The van der Waals surface area contributed by atoms with Crippen LogP contribution < -0.4 is 11.2 Å². The Morgan fingerprint density at radius 1 is 0.739 bits per heavy atom. The first-order valence-corrected chi connectivity index (χ1v) is 15.8. The summed E-state index contributed by atoms with van der Waals surface area (Å²) < 4.78 is 0. The normalized spacial score (nSPS) is 14.3. The van der Waals surface area contributed by atoms with Crippen LogP contribution in [-0.2, 0) is 13.0 Å². The molecule has 4 aromatic carbocycles. The minimum Gasteiger partial charge on any atom is -0.361 e. The number of aromatic nitrogens is 5. The zero-order valence-electron chi connectivity index (χ0n) is 25.3. The van der Waals surface area contributed by atoms with E-state index in [0.717, 1.165) is 82.5 Å². The van der Waals surface area contributed by atoms with Crippen molar-refractivity contribution >= 4 is 21.9 Å². The molecule has 0 aliphatic carbocycles. The van der Waals surface area contributed by atoms with E-state index in [-0.39, 0.29) is 11.2 Å². The minimum atomic E-state index is -0.172. The number of rotatable bonds is 7. The van der Waals surface area contributed by atoms with Crippen LogP contribution in [0.5, 0.6) is 0 Å². The van der Waals surface area contributed by atoms with Crippen molar-refractivity contribution in [3.63, 3.8) is 0 Å². The number of para-hydroxylation sites is 1. The van der Waals surface area contributed by atoms with E-state index in [9.17, 15) is 9.59 Å². The number of hydrogen-bond donors (Lipinski definition) is 4. The van der Waals surface area contributed by atoms with Crippen molar-refractivity contribution < 1.29 is 0 Å². The van der Waals surface area contributed by atoms with Crippen molar-refractivity contribution in [2.75, 3.05) is 13.1 Å². The van der Waals surface area contributed by atoms with E-state index in [1.54, 1.807) is 0 Å². The van der Waals surface area contributed by atoms with Crippen molar-refractivity contribution in [3.05, 3.63) is 146 Å². The second kappa shape index (κ2) is 11.8. The van der Waals surface area contributed by atoms with Gasteiger partial charge in [-0.1, -0.05) is 78.9 Å². The highest BCUT2D eigenvalue weighted by Crippen LogP contribution is 2.32. The third kappa shape index (κ3) is 5.48. The number of nitrogens with one attached hydrogen (secondary N) is 4. The van der Waals surface area contributed by atoms with Gasteiger partial charge in [-0.2, -0.15) is 0 Å². The largest absolute Gasteiger partial charge is 0.361 e. The van der Waals surface area contributed by atoms with Crippen LogP contribution in [0.4, 0.5) is 0 Å². The lowest BCUT2D eigenvalue weighted by Gasteiger charge is -2.32. The van der Waals surface area contributed by atoms with Gasteiger partial charge in [-0.25, -0.2) is 9.78 Å². The van der Waals surface area contributed by atoms with Gasteiger partial charge >= 0.3 is 5.69 Å². The number of piperidine rings is 1. The minimum absolute atomic E-state index is 0.161. The van der Waals surface area contributed by atoms with Crippen molar-refractivity contribution in [1.29, 1.82) is 0 Å². The van der Waals surface area contributed by atoms with Gasteiger partial charge in [0.15, 0.2) is 0 Å². The van der Waals surface area contributed by atoms with Gasteiger partial charge in [0.05, 0.1) is 22.4 Å². The average molecular weight is 607 g/mol. The lowest BCUT2D eigenvalue weighted by atomic mass is 9.89. The van der Waals surface area contributed by atoms with Crippen LogP contribution in [0.25, 0.3) is 44.5 Å². The van der Waals surface area contributed by atoms with Crippen LogP contribution in [0.3, 0.4) is 0 Å². The Hall–Kier alpha value is -5.47. The fourth-order valence-corrected chi connectivity index (χ4v) is 6.84. The highest BCUT2D eigenvalue weighted by Gasteiger charge is 2.22. The maximum absolute atomic E-state index is 13.4. The SMILES string of the molecule is O=c1[nH]c2ccc(C3CCN(Cc4ccc(-c5nc(Cc6c[nH]c7ccccc67)c(=O)[nH]c5-c5ccccc5)cc4)CC3)cc2[nH]1. The highest BCUT2D eigenvalue weighted by atomic mass is 16.1. The number of fused-ring (bicyclic) bond motifs is 2. The standard InChI is InChI=1S/C38H34N6O2/c45-37-34(21-29-22-39-31-9-5-4-8-30(29)31)40-35(36(43-37)26-6-2-1-3-7-26)27-12-10-24(11-13-27)23-44-18-16-25(17-19-44)28-14-15-32-33(20-28)42-38(46)41-32/h1-15,20,22,25,39H,16-19,21,23H2,(H,43,45)(H2,41,42,46). The van der Waals surface area contributed by atoms with Gasteiger partial charge in [0.25, 0.3) is 5.56 Å². The van der Waals surface area contributed by atoms with Crippen LogP contribution >= 0.6 is 0 Å². The number of benzene rings is 4. The van der Waals surface area contributed by atoms with Gasteiger partial charge in [0.1, 0.15) is 5.69 Å². The van der Waals surface area contributed by atoms with Gasteiger partial charge in [0, 0.05) is 41.2 Å². The average Bonchev–Trinajstić information content (AvgIpc) is 3.68. The lowest BCUT2D eigenvalue weighted by molar-refractivity contribution is 0.204. The molecule has 1 aliphatic rings. The Kier molecular flexibility index (Phi) is 7.19. The molecule has 0 amide bonds. The fraction of sp³-hybridized carbons (Fsp3) is 0.184. The van der Waals surface area contributed by atoms with Crippen LogP contribution in [-0.4, -0.2) is 42.9 Å². The molecule has 4 heterocycles. The van der Waals surface area contributed by atoms with Crippen LogP contribution in [0, 0.1) is 0 Å². The molecular weight excluding hydrogens is 572 g/mol. The highest BCUT2D eigenvalue weighted by molar-refractivity contribution is 5.83. The molecule has 1 fully saturated rings. The molecule has 0 saturated carbocycles. The van der Waals surface area contributed by atoms with Gasteiger partial charge in [-0.3, -0.25) is 9.69 Å². The molecule has 1 saturated heterocycles. The first-order chi connectivity index (χ1) is 22.6. The number of hydrogen-bond acceptors (Lipinski definition) is 4. The monoisotopic (exact) mass is 606 g/mol. The number of likely N-dealkylation sites (tertiary alicyclic amines) is 1. The quantitative estimate of drug-likeness (QED) is 0.161. The van der Waals surface area contributed by atoms with Crippen LogP contribution in [0.1, 0.15) is 41.1 Å². The molecule has 1 aliphatic heterocycles. The zero-order chi connectivity index (χ0) is 31.0. The molecule has 0 bridgehead atoms. The molecule has 8 nitrogen and oxygen atoms in total. The molecule has 228 valence electrons. The number of H-pyrrole nitrogens is 4. The topological polar surface area (TPSA) is 113 Å². The van der Waals surface area contributed by atoms with E-state index in [1.165, 1.54) is 11.1 Å². The summed E-state index contributed by atoms with van der Waals surface area (Å²) in [5, 5.41) is 1.10. The molecule has 0 unspecified atom stereocenters. The Bertz CT molecular complexity index is 2270. The summed E-state index contributed by atoms with van der Waals surface area (Å²) in [6.07, 6.45) is 4.57. The second-order valence-corrected chi connectivity index (χ2v) is 12.3. The van der Waals surface area contributed by atoms with Gasteiger partial charge in [-0.05, 0) is 66.7 Å². The van der Waals surface area contributed by atoms with Gasteiger partial charge < -0.3 is 19.9 Å². The Labute approximate surface area is 265 Å². The molecule has 8 rings (SSSR count). The molecule has 4 N–H and O–H groups in total. The molecular formula is C38H34N6O2. The predicted molar refractivity (Wildman–Crippen MR) is 183 cm³/mol. The van der Waals surface area contributed by atoms with Gasteiger partial charge in [-0.15, -0.1) is 0 Å². The van der Waals surface area contributed by atoms with Crippen LogP contribution in [0.2, 0.25) is 0 Å². The maximum Gasteiger partial charge on any atom is 0.323 e. The Balaban J connectivity index is 1.02. The zero-order valence-corrected chi connectivity index (χ0v) is 25.3. The first kappa shape index (κ1) is 28.0. The number of aromatic amines is 4. The second-order valence-electron chi connectivity index (χ2n) is 12.3. The van der Waals surface area contributed by atoms with Crippen LogP contribution in [0.15, 0.2) is 113 Å². The van der Waals surface area contributed by atoms with Crippen molar-refractivity contribution in [2.45, 2.75) is 31.7 Å². The Morgan fingerprint density at radius 2 is 1.50 bits per heavy atom. The summed E-state index contributed by atoms with van der Waals surface area (Å²) in [7, 11) is 0. The summed E-state index contributed by atoms with van der Waals surface area (Å²) in [6, 6.07) is 32.9. The molecule has 0 radical (unpaired) electrons. The fourth-order valence-electron chi connectivity index (χ4n) is 6.84. The summed E-state index contributed by atoms with van der Waals surface area (Å²) >= 11 is 0. The summed E-state index contributed by atoms with van der Waals surface area (Å²) in [4.78, 5) is 44.7. The lowest BCUT2D eigenvalue weighted by Crippen LogP contribution is -2.32. The van der Waals surface area contributed by atoms with E-state index < -0.39 is 0 Å². The van der Waals surface area contributed by atoms with Gasteiger partial charge in [0.2, 0.25) is 0 Å². The smallest absolute Gasteiger partial charge is 0.323 e. The molecule has 3 aromatic heterocycles. The molecule has 8 heteroatoms. The molecule has 0 atom stereocenters. The molecule has 7 aromatic rings. The van der Waals surface area contributed by atoms with E-state index in [4.69, 9.17) is 4.98 Å². The van der Waals surface area contributed by atoms with E-state index in [0.29, 0.717) is 18.0 Å². The molecule has 0 spiro atoms. The predicted octanol–water partition coefficient (Wildman–Crippen LogP) is 6.73. The Morgan fingerprint density at radius 3 is 2.33 bits per heavy atom. The van der Waals surface area contributed by atoms with E-state index >= 15 is 0 Å². The summed E-state index contributed by atoms with van der Waals surface area (Å²) in [5.74, 6) is 0.489. The van der Waals surface area contributed by atoms with Crippen molar-refractivity contribution in [2.24, 2.45) is 0 Å². The summed E-state index contributed by atoms with van der Waals surface area (Å²) in [5.41, 5.74) is 9.92. The number of imidazole rings is 1.